The number of nitrogens with two attached hydrogens (primary N) is 2. The molecule has 138 valence electrons. The van der Waals surface area contributed by atoms with Crippen LogP contribution in [-0.2, 0) is 11.2 Å². The summed E-state index contributed by atoms with van der Waals surface area (Å²) in [5.74, 6) is -1.50. The van der Waals surface area contributed by atoms with Gasteiger partial charge in [0.05, 0.1) is 4.88 Å². The number of rotatable bonds is 9. The van der Waals surface area contributed by atoms with Gasteiger partial charge in [-0.3, -0.25) is 9.79 Å². The number of carbonyl (C=O) groups is 2. The maximum Gasteiger partial charge on any atom is 0.326 e. The van der Waals surface area contributed by atoms with E-state index in [1.54, 1.807) is 6.07 Å². The second kappa shape index (κ2) is 9.57. The van der Waals surface area contributed by atoms with Gasteiger partial charge < -0.3 is 21.9 Å². The number of aliphatic imine (C=N–C) groups is 1. The van der Waals surface area contributed by atoms with Gasteiger partial charge >= 0.3 is 5.97 Å². The third-order valence-corrected chi connectivity index (χ3v) is 4.74. The van der Waals surface area contributed by atoms with Crippen LogP contribution in [0.2, 0.25) is 0 Å². The van der Waals surface area contributed by atoms with Crippen LogP contribution in [0.3, 0.4) is 0 Å². The lowest BCUT2D eigenvalue weighted by molar-refractivity contribution is -0.139. The molecule has 2 rings (SSSR count). The average molecular weight is 374 g/mol. The van der Waals surface area contributed by atoms with E-state index in [1.165, 1.54) is 11.3 Å². The minimum Gasteiger partial charge on any atom is -0.480 e. The highest BCUT2D eigenvalue weighted by Gasteiger charge is 2.21. The Balaban J connectivity index is 1.92. The molecule has 0 aliphatic carbocycles. The number of nitrogens with zero attached hydrogens (tertiary/aromatic N) is 1. The Hall–Kier alpha value is -2.87. The number of hydrogen-bond donors (Lipinski definition) is 4. The monoisotopic (exact) mass is 374 g/mol. The third-order valence-electron chi connectivity index (χ3n) is 3.66. The number of amides is 1. The van der Waals surface area contributed by atoms with Crippen molar-refractivity contribution >= 4 is 29.2 Å². The fourth-order valence-corrected chi connectivity index (χ4v) is 3.33. The highest BCUT2D eigenvalue weighted by molar-refractivity contribution is 7.14. The minimum atomic E-state index is -1.08. The normalized spacial score (nSPS) is 11.5. The summed E-state index contributed by atoms with van der Waals surface area (Å²) in [7, 11) is 0. The molecule has 0 spiro atoms. The number of hydrogen-bond acceptors (Lipinski definition) is 4. The topological polar surface area (TPSA) is 131 Å². The molecule has 0 saturated carbocycles. The first-order chi connectivity index (χ1) is 12.5. The molecule has 0 fully saturated rings. The molecule has 26 heavy (non-hydrogen) atoms. The van der Waals surface area contributed by atoms with E-state index in [1.807, 2.05) is 36.4 Å². The zero-order chi connectivity index (χ0) is 18.9. The zero-order valence-corrected chi connectivity index (χ0v) is 15.0. The molecule has 1 heterocycles. The summed E-state index contributed by atoms with van der Waals surface area (Å²) < 4.78 is 0. The van der Waals surface area contributed by atoms with Crippen molar-refractivity contribution in [1.29, 1.82) is 0 Å². The molecule has 0 bridgehead atoms. The van der Waals surface area contributed by atoms with Crippen LogP contribution in [0.25, 0.3) is 0 Å². The van der Waals surface area contributed by atoms with Gasteiger partial charge in [-0.05, 0) is 30.5 Å². The van der Waals surface area contributed by atoms with Crippen molar-refractivity contribution in [1.82, 2.24) is 5.32 Å². The molecular formula is C18H22N4O3S. The number of benzene rings is 1. The number of nitrogens with one attached hydrogen (secondary N) is 1. The van der Waals surface area contributed by atoms with Crippen molar-refractivity contribution in [2.45, 2.75) is 25.3 Å². The molecule has 8 heteroatoms. The van der Waals surface area contributed by atoms with Gasteiger partial charge in [0.2, 0.25) is 0 Å². The van der Waals surface area contributed by atoms with E-state index < -0.39 is 12.0 Å². The molecule has 0 saturated heterocycles. The highest BCUT2D eigenvalue weighted by atomic mass is 32.1. The lowest BCUT2D eigenvalue weighted by Crippen LogP contribution is -2.40. The van der Waals surface area contributed by atoms with Crippen LogP contribution < -0.4 is 16.8 Å². The SMILES string of the molecule is NC(N)=NCCC[C@H](NC(=O)c1ccc(Cc2ccccc2)s1)C(=O)O. The van der Waals surface area contributed by atoms with Crippen molar-refractivity contribution in [2.24, 2.45) is 16.5 Å². The van der Waals surface area contributed by atoms with E-state index >= 15 is 0 Å². The van der Waals surface area contributed by atoms with E-state index in [0.717, 1.165) is 16.9 Å². The Labute approximate surface area is 155 Å². The molecule has 1 amide bonds. The lowest BCUT2D eigenvalue weighted by Gasteiger charge is -2.13. The molecule has 0 unspecified atom stereocenters. The van der Waals surface area contributed by atoms with Crippen LogP contribution in [0.15, 0.2) is 47.5 Å². The first-order valence-electron chi connectivity index (χ1n) is 8.17. The van der Waals surface area contributed by atoms with Gasteiger partial charge in [-0.15, -0.1) is 11.3 Å². The van der Waals surface area contributed by atoms with Gasteiger partial charge in [0, 0.05) is 17.8 Å². The second-order valence-corrected chi connectivity index (χ2v) is 6.91. The number of guanidine groups is 1. The minimum absolute atomic E-state index is 0.0366. The van der Waals surface area contributed by atoms with E-state index in [2.05, 4.69) is 10.3 Å². The largest absolute Gasteiger partial charge is 0.480 e. The molecular weight excluding hydrogens is 352 g/mol. The van der Waals surface area contributed by atoms with Crippen molar-refractivity contribution in [2.75, 3.05) is 6.54 Å². The molecule has 1 atom stereocenters. The van der Waals surface area contributed by atoms with E-state index in [-0.39, 0.29) is 18.3 Å². The van der Waals surface area contributed by atoms with Gasteiger partial charge in [-0.1, -0.05) is 30.3 Å². The Morgan fingerprint density at radius 3 is 2.54 bits per heavy atom. The van der Waals surface area contributed by atoms with E-state index in [0.29, 0.717) is 17.8 Å². The highest BCUT2D eigenvalue weighted by Crippen LogP contribution is 2.20. The van der Waals surface area contributed by atoms with Crippen LogP contribution in [0.4, 0.5) is 0 Å². The van der Waals surface area contributed by atoms with Crippen molar-refractivity contribution in [3.8, 4) is 0 Å². The summed E-state index contributed by atoms with van der Waals surface area (Å²) in [5, 5.41) is 11.8. The van der Waals surface area contributed by atoms with Crippen molar-refractivity contribution in [3.05, 3.63) is 57.8 Å². The molecule has 1 aromatic heterocycles. The zero-order valence-electron chi connectivity index (χ0n) is 14.2. The Morgan fingerprint density at radius 2 is 1.88 bits per heavy atom. The van der Waals surface area contributed by atoms with Crippen LogP contribution >= 0.6 is 11.3 Å². The summed E-state index contributed by atoms with van der Waals surface area (Å²) in [6.07, 6.45) is 1.44. The third kappa shape index (κ3) is 6.21. The predicted octanol–water partition coefficient (Wildman–Crippen LogP) is 1.58. The summed E-state index contributed by atoms with van der Waals surface area (Å²) >= 11 is 1.36. The molecule has 7 nitrogen and oxygen atoms in total. The Morgan fingerprint density at radius 1 is 1.15 bits per heavy atom. The number of carbonyl (C=O) groups excluding carboxylic acids is 1. The number of carboxylic acid groups (broad SMARTS) is 1. The Bertz CT molecular complexity index is 770. The molecule has 0 aliphatic rings. The molecule has 1 aromatic carbocycles. The second-order valence-electron chi connectivity index (χ2n) is 5.74. The van der Waals surface area contributed by atoms with Gasteiger partial charge in [-0.25, -0.2) is 4.79 Å². The maximum absolute atomic E-state index is 12.3. The van der Waals surface area contributed by atoms with Crippen molar-refractivity contribution < 1.29 is 14.7 Å². The summed E-state index contributed by atoms with van der Waals surface area (Å²) in [6.45, 7) is 0.322. The van der Waals surface area contributed by atoms with Crippen LogP contribution in [-0.4, -0.2) is 35.5 Å². The summed E-state index contributed by atoms with van der Waals surface area (Å²) in [6, 6.07) is 12.6. The first kappa shape index (κ1) is 19.5. The fraction of sp³-hybridized carbons (Fsp3) is 0.278. The number of aliphatic carboxylic acids is 1. The van der Waals surface area contributed by atoms with Gasteiger partial charge in [0.1, 0.15) is 6.04 Å². The van der Waals surface area contributed by atoms with Gasteiger partial charge in [0.25, 0.3) is 5.91 Å². The van der Waals surface area contributed by atoms with Crippen LogP contribution in [0.1, 0.15) is 33.0 Å². The summed E-state index contributed by atoms with van der Waals surface area (Å²) in [5.41, 5.74) is 11.6. The van der Waals surface area contributed by atoms with Crippen molar-refractivity contribution in [3.63, 3.8) is 0 Å². The average Bonchev–Trinajstić information content (AvgIpc) is 3.06. The predicted molar refractivity (Wildman–Crippen MR) is 102 cm³/mol. The standard InChI is InChI=1S/C18H22N4O3S/c19-18(20)21-10-4-7-14(17(24)25)22-16(23)15-9-8-13(26-15)11-12-5-2-1-3-6-12/h1-3,5-6,8-9,14H,4,7,10-11H2,(H,22,23)(H,24,25)(H4,19,20,21)/t14-/m0/s1. The molecule has 0 aliphatic heterocycles. The quantitative estimate of drug-likeness (QED) is 0.301. The lowest BCUT2D eigenvalue weighted by atomic mass is 10.1. The first-order valence-corrected chi connectivity index (χ1v) is 8.99. The summed E-state index contributed by atoms with van der Waals surface area (Å²) in [4.78, 5) is 29.0. The molecule has 6 N–H and O–H groups in total. The molecule has 0 radical (unpaired) electrons. The molecule has 2 aromatic rings. The van der Waals surface area contributed by atoms with Gasteiger partial charge in [-0.2, -0.15) is 0 Å². The number of thiophene rings is 1. The van der Waals surface area contributed by atoms with Crippen LogP contribution in [0, 0.1) is 0 Å². The van der Waals surface area contributed by atoms with Gasteiger partial charge in [0.15, 0.2) is 5.96 Å². The fourth-order valence-electron chi connectivity index (χ4n) is 2.38. The number of carboxylic acids is 1. The van der Waals surface area contributed by atoms with E-state index in [9.17, 15) is 14.7 Å². The maximum atomic E-state index is 12.3. The Kier molecular flexibility index (Phi) is 7.16. The smallest absolute Gasteiger partial charge is 0.326 e. The van der Waals surface area contributed by atoms with Crippen LogP contribution in [0.5, 0.6) is 0 Å². The van der Waals surface area contributed by atoms with E-state index in [4.69, 9.17) is 11.5 Å².